The zero-order valence-corrected chi connectivity index (χ0v) is 9.31. The molecule has 0 spiro atoms. The molecular formula is C11H12ClFO2. The molecule has 0 saturated carbocycles. The lowest BCUT2D eigenvalue weighted by Gasteiger charge is -2.15. The summed E-state index contributed by atoms with van der Waals surface area (Å²) in [5.41, 5.74) is -0.783. The third kappa shape index (κ3) is 3.29. The van der Waals surface area contributed by atoms with Crippen molar-refractivity contribution in [2.75, 3.05) is 0 Å². The minimum Gasteiger partial charge on any atom is -0.383 e. The summed E-state index contributed by atoms with van der Waals surface area (Å²) in [6.07, 6.45) is 0.0451. The van der Waals surface area contributed by atoms with Crippen LogP contribution in [0.15, 0.2) is 18.2 Å². The maximum atomic E-state index is 12.8. The summed E-state index contributed by atoms with van der Waals surface area (Å²) < 4.78 is 12.8. The molecule has 0 aliphatic rings. The number of benzene rings is 1. The van der Waals surface area contributed by atoms with Crippen LogP contribution in [0.25, 0.3) is 0 Å². The summed E-state index contributed by atoms with van der Waals surface area (Å²) in [7, 11) is 0. The molecule has 1 aromatic carbocycles. The lowest BCUT2D eigenvalue weighted by atomic mass is 9.97. The fourth-order valence-corrected chi connectivity index (χ4v) is 1.25. The van der Waals surface area contributed by atoms with Crippen molar-refractivity contribution >= 4 is 17.4 Å². The largest absolute Gasteiger partial charge is 0.383 e. The van der Waals surface area contributed by atoms with Gasteiger partial charge in [-0.15, -0.1) is 0 Å². The third-order valence-corrected chi connectivity index (χ3v) is 2.32. The maximum Gasteiger partial charge on any atom is 0.168 e. The second-order valence-corrected chi connectivity index (χ2v) is 4.31. The van der Waals surface area contributed by atoms with Crippen molar-refractivity contribution < 1.29 is 14.3 Å². The first-order valence-electron chi connectivity index (χ1n) is 4.50. The number of ketones is 1. The van der Waals surface area contributed by atoms with Crippen LogP contribution in [0.5, 0.6) is 0 Å². The Labute approximate surface area is 92.7 Å². The molecule has 1 rings (SSSR count). The molecule has 1 aromatic rings. The minimum absolute atomic E-state index is 0.0176. The van der Waals surface area contributed by atoms with Gasteiger partial charge in [0, 0.05) is 6.42 Å². The van der Waals surface area contributed by atoms with Crippen LogP contribution in [-0.2, 0) is 11.2 Å². The molecule has 1 N–H and O–H groups in total. The van der Waals surface area contributed by atoms with Gasteiger partial charge >= 0.3 is 0 Å². The van der Waals surface area contributed by atoms with Gasteiger partial charge in [0.2, 0.25) is 0 Å². The van der Waals surface area contributed by atoms with Gasteiger partial charge < -0.3 is 5.11 Å². The van der Waals surface area contributed by atoms with E-state index in [-0.39, 0.29) is 17.2 Å². The molecule has 0 unspecified atom stereocenters. The fraction of sp³-hybridized carbons (Fsp3) is 0.364. The van der Waals surface area contributed by atoms with Crippen LogP contribution in [0, 0.1) is 5.82 Å². The van der Waals surface area contributed by atoms with Crippen molar-refractivity contribution in [1.82, 2.24) is 0 Å². The highest BCUT2D eigenvalue weighted by Crippen LogP contribution is 2.17. The summed E-state index contributed by atoms with van der Waals surface area (Å²) in [5.74, 6) is -0.846. The summed E-state index contributed by atoms with van der Waals surface area (Å²) >= 11 is 5.56. The number of hydrogen-bond donors (Lipinski definition) is 1. The van der Waals surface area contributed by atoms with E-state index in [4.69, 9.17) is 11.6 Å². The van der Waals surface area contributed by atoms with Crippen LogP contribution >= 0.6 is 11.6 Å². The Kier molecular flexibility index (Phi) is 3.47. The number of rotatable bonds is 3. The van der Waals surface area contributed by atoms with E-state index in [1.54, 1.807) is 0 Å². The van der Waals surface area contributed by atoms with E-state index in [1.165, 1.54) is 32.0 Å². The number of hydrogen-bond acceptors (Lipinski definition) is 2. The zero-order valence-electron chi connectivity index (χ0n) is 8.55. The van der Waals surface area contributed by atoms with E-state index in [1.807, 2.05) is 0 Å². The van der Waals surface area contributed by atoms with E-state index in [2.05, 4.69) is 0 Å². The van der Waals surface area contributed by atoms with Crippen molar-refractivity contribution in [1.29, 1.82) is 0 Å². The van der Waals surface area contributed by atoms with Gasteiger partial charge in [-0.25, -0.2) is 4.39 Å². The smallest absolute Gasteiger partial charge is 0.168 e. The molecule has 2 nitrogen and oxygen atoms in total. The highest BCUT2D eigenvalue weighted by atomic mass is 35.5. The van der Waals surface area contributed by atoms with Gasteiger partial charge in [0.05, 0.1) is 5.02 Å². The number of halogens is 2. The van der Waals surface area contributed by atoms with E-state index in [0.717, 1.165) is 0 Å². The molecule has 0 heterocycles. The van der Waals surface area contributed by atoms with Gasteiger partial charge in [0.15, 0.2) is 5.78 Å². The van der Waals surface area contributed by atoms with Gasteiger partial charge in [-0.05, 0) is 31.5 Å². The summed E-state index contributed by atoms with van der Waals surface area (Å²) in [5, 5.41) is 9.40. The highest BCUT2D eigenvalue weighted by Gasteiger charge is 2.23. The molecule has 0 radical (unpaired) electrons. The van der Waals surface area contributed by atoms with Crippen LogP contribution in [0.1, 0.15) is 19.4 Å². The summed E-state index contributed by atoms with van der Waals surface area (Å²) in [6, 6.07) is 4.07. The third-order valence-electron chi connectivity index (χ3n) is 2.03. The van der Waals surface area contributed by atoms with Crippen molar-refractivity contribution in [3.8, 4) is 0 Å². The monoisotopic (exact) mass is 230 g/mol. The lowest BCUT2D eigenvalue weighted by molar-refractivity contribution is -0.133. The molecule has 0 aliphatic heterocycles. The molecule has 82 valence electrons. The number of carbonyl (C=O) groups excluding carboxylic acids is 1. The second-order valence-electron chi connectivity index (χ2n) is 3.91. The Morgan fingerprint density at radius 1 is 1.53 bits per heavy atom. The van der Waals surface area contributed by atoms with Gasteiger partial charge in [0.1, 0.15) is 11.4 Å². The zero-order chi connectivity index (χ0) is 11.6. The molecule has 0 bridgehead atoms. The maximum absolute atomic E-state index is 12.8. The quantitative estimate of drug-likeness (QED) is 0.866. The Balaban J connectivity index is 2.83. The molecule has 0 amide bonds. The molecular weight excluding hydrogens is 219 g/mol. The number of aliphatic hydroxyl groups is 1. The Morgan fingerprint density at radius 3 is 2.60 bits per heavy atom. The SMILES string of the molecule is CC(C)(O)C(=O)Cc1ccc(F)c(Cl)c1. The van der Waals surface area contributed by atoms with Crippen LogP contribution in [0.2, 0.25) is 5.02 Å². The first-order valence-corrected chi connectivity index (χ1v) is 4.88. The first-order chi connectivity index (χ1) is 6.80. The van der Waals surface area contributed by atoms with Crippen molar-refractivity contribution in [2.24, 2.45) is 0 Å². The lowest BCUT2D eigenvalue weighted by Crippen LogP contribution is -2.32. The molecule has 15 heavy (non-hydrogen) atoms. The van der Waals surface area contributed by atoms with E-state index in [0.29, 0.717) is 5.56 Å². The highest BCUT2D eigenvalue weighted by molar-refractivity contribution is 6.30. The van der Waals surface area contributed by atoms with Crippen LogP contribution in [0.3, 0.4) is 0 Å². The average Bonchev–Trinajstić information content (AvgIpc) is 2.10. The normalized spacial score (nSPS) is 11.5. The van der Waals surface area contributed by atoms with Crippen molar-refractivity contribution in [3.63, 3.8) is 0 Å². The summed E-state index contributed by atoms with van der Waals surface area (Å²) in [6.45, 7) is 2.83. The Morgan fingerprint density at radius 2 is 2.13 bits per heavy atom. The molecule has 0 aliphatic carbocycles. The van der Waals surface area contributed by atoms with E-state index < -0.39 is 11.4 Å². The molecule has 0 saturated heterocycles. The van der Waals surface area contributed by atoms with E-state index in [9.17, 15) is 14.3 Å². The van der Waals surface area contributed by atoms with Crippen LogP contribution in [-0.4, -0.2) is 16.5 Å². The number of carbonyl (C=O) groups is 1. The predicted octanol–water partition coefficient (Wildman–Crippen LogP) is 2.36. The average molecular weight is 231 g/mol. The van der Waals surface area contributed by atoms with Crippen LogP contribution in [0.4, 0.5) is 4.39 Å². The molecule has 4 heteroatoms. The van der Waals surface area contributed by atoms with Crippen molar-refractivity contribution in [3.05, 3.63) is 34.6 Å². The molecule has 0 fully saturated rings. The standard InChI is InChI=1S/C11H12ClFO2/c1-11(2,15)10(14)6-7-3-4-9(13)8(12)5-7/h3-5,15H,6H2,1-2H3. The van der Waals surface area contributed by atoms with Gasteiger partial charge in [-0.3, -0.25) is 4.79 Å². The molecule has 0 atom stereocenters. The fourth-order valence-electron chi connectivity index (χ4n) is 1.05. The Bertz CT molecular complexity index is 383. The topological polar surface area (TPSA) is 37.3 Å². The first kappa shape index (κ1) is 12.1. The van der Waals surface area contributed by atoms with Crippen molar-refractivity contribution in [2.45, 2.75) is 25.9 Å². The van der Waals surface area contributed by atoms with E-state index >= 15 is 0 Å². The minimum atomic E-state index is -1.37. The van der Waals surface area contributed by atoms with Gasteiger partial charge in [0.25, 0.3) is 0 Å². The summed E-state index contributed by atoms with van der Waals surface area (Å²) in [4.78, 5) is 11.4. The van der Waals surface area contributed by atoms with Crippen LogP contribution < -0.4 is 0 Å². The second kappa shape index (κ2) is 4.29. The van der Waals surface area contributed by atoms with Gasteiger partial charge in [-0.1, -0.05) is 17.7 Å². The predicted molar refractivity (Wildman–Crippen MR) is 56.4 cm³/mol. The number of Topliss-reactive ketones (excluding diaryl/α,β-unsaturated/α-hetero) is 1. The van der Waals surface area contributed by atoms with Gasteiger partial charge in [-0.2, -0.15) is 0 Å². The molecule has 0 aromatic heterocycles. The Hall–Kier alpha value is -0.930.